The van der Waals surface area contributed by atoms with Crippen LogP contribution in [0, 0.1) is 0 Å². The minimum atomic E-state index is -8.59. The Bertz CT molecular complexity index is 1600. The minimum Gasteiger partial charge on any atom is -0.487 e. The smallest absolute Gasteiger partial charge is 0.460 e. The summed E-state index contributed by atoms with van der Waals surface area (Å²) in [6.45, 7) is -1.15. The van der Waals surface area contributed by atoms with Crippen molar-refractivity contribution in [1.82, 2.24) is 9.97 Å². The summed E-state index contributed by atoms with van der Waals surface area (Å²) < 4.78 is 316. The zero-order valence-corrected chi connectivity index (χ0v) is 27.0. The second kappa shape index (κ2) is 15.6. The number of hydrogen-bond donors (Lipinski definition) is 0. The first-order valence-electron chi connectivity index (χ1n) is 14.7. The van der Waals surface area contributed by atoms with Crippen LogP contribution >= 0.6 is 0 Å². The number of aryl methyl sites for hydroxylation is 1. The standard InChI is InChI=1S/C28H21F23N2O3/c1-2-3-4-5-6-14-11-52-17(53-12-14)15-7-9-16(10-8-15)54-13-18(29,30)19(31,32)20(33,34)22(37,38)25(44,45)55-27(48,49)28(50,51)56-26(46,47)23(39,40)21(35,36)24(41,42)43/h7-12H,2-6,13H2,1H3. The average Bonchev–Trinajstić information content (AvgIpc) is 3.04. The number of unbranched alkanes of at least 4 members (excludes halogenated alkanes) is 3. The predicted molar refractivity (Wildman–Crippen MR) is 139 cm³/mol. The number of ether oxygens (including phenoxy) is 3. The summed E-state index contributed by atoms with van der Waals surface area (Å²) in [6, 6.07) is 3.24. The average molecular weight is 870 g/mol. The van der Waals surface area contributed by atoms with Crippen LogP contribution in [0.5, 0.6) is 5.75 Å². The molecule has 0 fully saturated rings. The maximum atomic E-state index is 14.2. The monoisotopic (exact) mass is 870 g/mol. The molecule has 0 amide bonds. The zero-order valence-electron chi connectivity index (χ0n) is 27.0. The Morgan fingerprint density at radius 2 is 0.911 bits per heavy atom. The number of rotatable bonds is 20. The van der Waals surface area contributed by atoms with Crippen molar-refractivity contribution >= 4 is 0 Å². The Balaban J connectivity index is 2.27. The molecule has 2 rings (SSSR count). The first kappa shape index (κ1) is 48.6. The Morgan fingerprint density at radius 3 is 1.32 bits per heavy atom. The first-order valence-corrected chi connectivity index (χ1v) is 14.7. The van der Waals surface area contributed by atoms with Crippen LogP contribution in [-0.4, -0.2) is 82.7 Å². The second-order valence-corrected chi connectivity index (χ2v) is 11.4. The number of aromatic nitrogens is 2. The molecule has 0 aliphatic rings. The molecule has 0 saturated heterocycles. The summed E-state index contributed by atoms with van der Waals surface area (Å²) in [5.41, 5.74) is 0.801. The minimum absolute atomic E-state index is 0.0136. The zero-order chi connectivity index (χ0) is 43.8. The van der Waals surface area contributed by atoms with Crippen LogP contribution in [-0.2, 0) is 15.9 Å². The highest BCUT2D eigenvalue weighted by Gasteiger charge is 2.89. The van der Waals surface area contributed by atoms with Crippen LogP contribution < -0.4 is 4.74 Å². The summed E-state index contributed by atoms with van der Waals surface area (Å²) in [5, 5.41) is 0. The molecule has 0 N–H and O–H groups in total. The van der Waals surface area contributed by atoms with Gasteiger partial charge in [-0.05, 0) is 42.7 Å². The van der Waals surface area contributed by atoms with Gasteiger partial charge in [0.1, 0.15) is 5.75 Å². The molecule has 5 nitrogen and oxygen atoms in total. The molecule has 28 heteroatoms. The summed E-state index contributed by atoms with van der Waals surface area (Å²) in [6.07, 6.45) is -34.0. The van der Waals surface area contributed by atoms with Crippen LogP contribution in [0.4, 0.5) is 101 Å². The van der Waals surface area contributed by atoms with Crippen LogP contribution in [0.2, 0.25) is 0 Å². The Labute approximate surface area is 297 Å². The highest BCUT2D eigenvalue weighted by atomic mass is 19.4. The van der Waals surface area contributed by atoms with Gasteiger partial charge in [-0.2, -0.15) is 101 Å². The van der Waals surface area contributed by atoms with Crippen molar-refractivity contribution in [3.8, 4) is 17.1 Å². The van der Waals surface area contributed by atoms with E-state index in [1.54, 1.807) is 0 Å². The van der Waals surface area contributed by atoms with E-state index in [1.807, 2.05) is 6.92 Å². The Morgan fingerprint density at radius 1 is 0.482 bits per heavy atom. The number of benzene rings is 1. The molecule has 0 atom stereocenters. The van der Waals surface area contributed by atoms with E-state index < -0.39 is 78.5 Å². The van der Waals surface area contributed by atoms with Crippen LogP contribution in [0.1, 0.15) is 38.2 Å². The summed E-state index contributed by atoms with van der Waals surface area (Å²) in [4.78, 5) is 8.04. The third-order valence-corrected chi connectivity index (χ3v) is 7.14. The van der Waals surface area contributed by atoms with Gasteiger partial charge < -0.3 is 4.74 Å². The molecule has 0 unspecified atom stereocenters. The third kappa shape index (κ3) is 9.08. The predicted octanol–water partition coefficient (Wildman–Crippen LogP) is 11.4. The molecule has 1 heterocycles. The number of halogens is 23. The summed E-state index contributed by atoms with van der Waals surface area (Å²) in [5.74, 6) is -49.2. The number of hydrogen-bond acceptors (Lipinski definition) is 5. The molecule has 322 valence electrons. The maximum absolute atomic E-state index is 14.2. The quantitative estimate of drug-likeness (QED) is 0.0980. The van der Waals surface area contributed by atoms with Crippen molar-refractivity contribution in [1.29, 1.82) is 0 Å². The van der Waals surface area contributed by atoms with Gasteiger partial charge in [-0.3, -0.25) is 0 Å². The van der Waals surface area contributed by atoms with E-state index in [0.29, 0.717) is 24.1 Å². The molecule has 0 radical (unpaired) electrons. The van der Waals surface area contributed by atoms with Crippen LogP contribution in [0.25, 0.3) is 11.4 Å². The van der Waals surface area contributed by atoms with Crippen molar-refractivity contribution in [3.63, 3.8) is 0 Å². The van der Waals surface area contributed by atoms with Gasteiger partial charge in [0.25, 0.3) is 0 Å². The van der Waals surface area contributed by atoms with Gasteiger partial charge in [0, 0.05) is 18.0 Å². The van der Waals surface area contributed by atoms with E-state index in [2.05, 4.69) is 14.7 Å². The molecule has 1 aromatic carbocycles. The van der Waals surface area contributed by atoms with E-state index in [0.717, 1.165) is 42.6 Å². The summed E-state index contributed by atoms with van der Waals surface area (Å²) in [7, 11) is 0. The SMILES string of the molecule is CCCCCCc1cnc(-c2ccc(OCC(F)(F)C(F)(F)C(F)(F)C(F)(F)C(F)(F)OC(F)(F)C(F)(F)OC(F)(F)C(F)(F)C(F)(F)C(F)(F)F)cc2)nc1. The Hall–Kier alpha value is -3.59. The van der Waals surface area contributed by atoms with E-state index in [9.17, 15) is 101 Å². The van der Waals surface area contributed by atoms with Gasteiger partial charge in [0.15, 0.2) is 12.4 Å². The molecular weight excluding hydrogens is 849 g/mol. The van der Waals surface area contributed by atoms with Gasteiger partial charge in [0.2, 0.25) is 0 Å². The fourth-order valence-corrected chi connectivity index (χ4v) is 3.89. The van der Waals surface area contributed by atoms with Gasteiger partial charge in [0.05, 0.1) is 0 Å². The van der Waals surface area contributed by atoms with Gasteiger partial charge in [-0.15, -0.1) is 0 Å². The van der Waals surface area contributed by atoms with Crippen molar-refractivity contribution in [2.45, 2.75) is 105 Å². The van der Waals surface area contributed by atoms with E-state index >= 15 is 0 Å². The third-order valence-electron chi connectivity index (χ3n) is 7.14. The molecule has 56 heavy (non-hydrogen) atoms. The summed E-state index contributed by atoms with van der Waals surface area (Å²) >= 11 is 0. The lowest BCUT2D eigenvalue weighted by molar-refractivity contribution is -0.558. The van der Waals surface area contributed by atoms with Crippen LogP contribution in [0.15, 0.2) is 36.7 Å². The lowest BCUT2D eigenvalue weighted by Gasteiger charge is -2.40. The molecule has 1 aromatic heterocycles. The highest BCUT2D eigenvalue weighted by Crippen LogP contribution is 2.60. The number of nitrogens with zero attached hydrogens (tertiary/aromatic N) is 2. The topological polar surface area (TPSA) is 53.5 Å². The fraction of sp³-hybridized carbons (Fsp3) is 0.643. The highest BCUT2D eigenvalue weighted by molar-refractivity contribution is 5.55. The lowest BCUT2D eigenvalue weighted by Crippen LogP contribution is -2.70. The van der Waals surface area contributed by atoms with Gasteiger partial charge >= 0.3 is 66.1 Å². The largest absolute Gasteiger partial charge is 0.487 e. The molecule has 2 aromatic rings. The number of alkyl halides is 23. The molecule has 0 spiro atoms. The Kier molecular flexibility index (Phi) is 13.6. The van der Waals surface area contributed by atoms with Crippen molar-refractivity contribution in [3.05, 3.63) is 42.2 Å². The van der Waals surface area contributed by atoms with Crippen molar-refractivity contribution in [2.75, 3.05) is 6.61 Å². The van der Waals surface area contributed by atoms with Crippen molar-refractivity contribution in [2.24, 2.45) is 0 Å². The molecule has 0 bridgehead atoms. The lowest BCUT2D eigenvalue weighted by atomic mass is 9.98. The normalized spacial score (nSPS) is 15.0. The molecular formula is C28H21F23N2O3. The van der Waals surface area contributed by atoms with Gasteiger partial charge in [-0.1, -0.05) is 26.2 Å². The van der Waals surface area contributed by atoms with E-state index in [1.165, 1.54) is 17.1 Å². The second-order valence-electron chi connectivity index (χ2n) is 11.4. The van der Waals surface area contributed by atoms with Gasteiger partial charge in [-0.25, -0.2) is 19.4 Å². The van der Waals surface area contributed by atoms with E-state index in [4.69, 9.17) is 0 Å². The maximum Gasteiger partial charge on any atom is 0.460 e. The molecule has 0 aliphatic carbocycles. The molecule has 0 aliphatic heterocycles. The molecule has 0 saturated carbocycles. The van der Waals surface area contributed by atoms with Crippen molar-refractivity contribution < 1.29 is 115 Å². The first-order chi connectivity index (χ1) is 24.9. The fourth-order valence-electron chi connectivity index (χ4n) is 3.89. The van der Waals surface area contributed by atoms with Crippen LogP contribution in [0.3, 0.4) is 0 Å². The van der Waals surface area contributed by atoms with E-state index in [-0.39, 0.29) is 11.4 Å².